The molecule has 2 heterocycles. The first kappa shape index (κ1) is 15.4. The molecule has 1 unspecified atom stereocenters. The maximum atomic E-state index is 11.7. The highest BCUT2D eigenvalue weighted by Gasteiger charge is 2.25. The summed E-state index contributed by atoms with van der Waals surface area (Å²) >= 11 is 0. The molecule has 1 fully saturated rings. The van der Waals surface area contributed by atoms with Gasteiger partial charge < -0.3 is 20.0 Å². The summed E-state index contributed by atoms with van der Waals surface area (Å²) in [5.41, 5.74) is 0. The Kier molecular flexibility index (Phi) is 5.66. The van der Waals surface area contributed by atoms with Gasteiger partial charge in [-0.3, -0.25) is 4.79 Å². The van der Waals surface area contributed by atoms with Gasteiger partial charge in [-0.05, 0) is 25.5 Å². The van der Waals surface area contributed by atoms with Crippen LogP contribution in [0.5, 0.6) is 0 Å². The average Bonchev–Trinajstić information content (AvgIpc) is 3.15. The number of carbonyl (C=O) groups is 1. The molecule has 1 saturated heterocycles. The number of likely N-dealkylation sites (tertiary alicyclic amines) is 1. The van der Waals surface area contributed by atoms with Crippen LogP contribution in [0.15, 0.2) is 27.8 Å². The lowest BCUT2D eigenvalue weighted by Gasteiger charge is -2.18. The predicted octanol–water partition coefficient (Wildman–Crippen LogP) is 1.35. The number of amides is 1. The van der Waals surface area contributed by atoms with Crippen LogP contribution in [0.4, 0.5) is 0 Å². The average molecular weight is 292 g/mol. The summed E-state index contributed by atoms with van der Waals surface area (Å²) in [6, 6.07) is 4.02. The van der Waals surface area contributed by atoms with Crippen molar-refractivity contribution in [1.82, 2.24) is 15.5 Å². The van der Waals surface area contributed by atoms with E-state index in [1.165, 1.54) is 0 Å². The van der Waals surface area contributed by atoms with Crippen molar-refractivity contribution < 1.29 is 9.21 Å². The van der Waals surface area contributed by atoms with E-state index in [2.05, 4.69) is 15.6 Å². The SMILES string of the molecule is CCNC(=NCc1ccco1)NC1CCN(C(=O)CC)C1. The Hall–Kier alpha value is -1.98. The van der Waals surface area contributed by atoms with Gasteiger partial charge in [0.1, 0.15) is 12.3 Å². The number of aliphatic imine (C=N–C) groups is 1. The molecular formula is C15H24N4O2. The summed E-state index contributed by atoms with van der Waals surface area (Å²) < 4.78 is 5.28. The third-order valence-corrected chi connectivity index (χ3v) is 3.50. The van der Waals surface area contributed by atoms with Crippen molar-refractivity contribution in [3.05, 3.63) is 24.2 Å². The van der Waals surface area contributed by atoms with Crippen LogP contribution in [0.25, 0.3) is 0 Å². The van der Waals surface area contributed by atoms with Gasteiger partial charge in [-0.2, -0.15) is 0 Å². The summed E-state index contributed by atoms with van der Waals surface area (Å²) in [7, 11) is 0. The molecule has 2 rings (SSSR count). The van der Waals surface area contributed by atoms with E-state index < -0.39 is 0 Å². The zero-order valence-corrected chi connectivity index (χ0v) is 12.8. The third kappa shape index (κ3) is 4.51. The van der Waals surface area contributed by atoms with Crippen LogP contribution in [0, 0.1) is 0 Å². The zero-order chi connectivity index (χ0) is 15.1. The van der Waals surface area contributed by atoms with E-state index in [1.807, 2.05) is 30.9 Å². The molecule has 1 aliphatic rings. The largest absolute Gasteiger partial charge is 0.467 e. The van der Waals surface area contributed by atoms with Crippen LogP contribution in [-0.2, 0) is 11.3 Å². The topological polar surface area (TPSA) is 69.9 Å². The van der Waals surface area contributed by atoms with Crippen molar-refractivity contribution >= 4 is 11.9 Å². The van der Waals surface area contributed by atoms with Crippen LogP contribution in [0.1, 0.15) is 32.4 Å². The molecule has 0 spiro atoms. The van der Waals surface area contributed by atoms with Crippen molar-refractivity contribution in [2.75, 3.05) is 19.6 Å². The van der Waals surface area contributed by atoms with Crippen molar-refractivity contribution in [1.29, 1.82) is 0 Å². The molecule has 0 aliphatic carbocycles. The molecule has 0 aromatic carbocycles. The highest BCUT2D eigenvalue weighted by molar-refractivity contribution is 5.80. The Labute approximate surface area is 125 Å². The smallest absolute Gasteiger partial charge is 0.222 e. The normalized spacial score (nSPS) is 18.9. The van der Waals surface area contributed by atoms with Crippen LogP contribution < -0.4 is 10.6 Å². The Morgan fingerprint density at radius 3 is 3.05 bits per heavy atom. The number of hydrogen-bond acceptors (Lipinski definition) is 3. The lowest BCUT2D eigenvalue weighted by molar-refractivity contribution is -0.129. The van der Waals surface area contributed by atoms with Crippen LogP contribution in [-0.4, -0.2) is 42.4 Å². The quantitative estimate of drug-likeness (QED) is 0.635. The minimum atomic E-state index is 0.219. The molecule has 6 nitrogen and oxygen atoms in total. The zero-order valence-electron chi connectivity index (χ0n) is 12.8. The van der Waals surface area contributed by atoms with Crippen LogP contribution in [0.3, 0.4) is 0 Å². The Morgan fingerprint density at radius 1 is 1.52 bits per heavy atom. The summed E-state index contributed by atoms with van der Waals surface area (Å²) in [4.78, 5) is 18.1. The number of nitrogens with zero attached hydrogens (tertiary/aromatic N) is 2. The van der Waals surface area contributed by atoms with Crippen molar-refractivity contribution in [2.24, 2.45) is 4.99 Å². The van der Waals surface area contributed by atoms with Crippen molar-refractivity contribution in [3.63, 3.8) is 0 Å². The number of furan rings is 1. The molecule has 21 heavy (non-hydrogen) atoms. The molecule has 0 saturated carbocycles. The fourth-order valence-corrected chi connectivity index (χ4v) is 2.40. The summed E-state index contributed by atoms with van der Waals surface area (Å²) in [5.74, 6) is 1.82. The first-order chi connectivity index (χ1) is 10.2. The molecule has 1 aromatic rings. The van der Waals surface area contributed by atoms with Gasteiger partial charge in [0.2, 0.25) is 5.91 Å². The summed E-state index contributed by atoms with van der Waals surface area (Å²) in [5, 5.41) is 6.62. The molecule has 1 aliphatic heterocycles. The fourth-order valence-electron chi connectivity index (χ4n) is 2.40. The van der Waals surface area contributed by atoms with Gasteiger partial charge in [0.15, 0.2) is 5.96 Å². The molecule has 1 aromatic heterocycles. The van der Waals surface area contributed by atoms with Crippen LogP contribution >= 0.6 is 0 Å². The molecule has 2 N–H and O–H groups in total. The monoisotopic (exact) mass is 292 g/mol. The van der Waals surface area contributed by atoms with Crippen LogP contribution in [0.2, 0.25) is 0 Å². The van der Waals surface area contributed by atoms with Gasteiger partial charge in [-0.15, -0.1) is 0 Å². The van der Waals surface area contributed by atoms with Crippen molar-refractivity contribution in [3.8, 4) is 0 Å². The minimum Gasteiger partial charge on any atom is -0.467 e. The standard InChI is InChI=1S/C15H24N4O2/c1-3-14(20)19-8-7-12(11-19)18-15(16-4-2)17-10-13-6-5-9-21-13/h5-6,9,12H,3-4,7-8,10-11H2,1-2H3,(H2,16,17,18). The Balaban J connectivity index is 1.88. The maximum Gasteiger partial charge on any atom is 0.222 e. The van der Waals surface area contributed by atoms with Gasteiger partial charge in [0.25, 0.3) is 0 Å². The van der Waals surface area contributed by atoms with Gasteiger partial charge in [0.05, 0.1) is 6.26 Å². The maximum absolute atomic E-state index is 11.7. The Morgan fingerprint density at radius 2 is 2.38 bits per heavy atom. The fraction of sp³-hybridized carbons (Fsp3) is 0.600. The first-order valence-corrected chi connectivity index (χ1v) is 7.58. The molecule has 116 valence electrons. The number of rotatable bonds is 5. The van der Waals surface area contributed by atoms with E-state index in [9.17, 15) is 4.79 Å². The highest BCUT2D eigenvalue weighted by Crippen LogP contribution is 2.10. The van der Waals surface area contributed by atoms with Gasteiger partial charge in [-0.25, -0.2) is 4.99 Å². The second kappa shape index (κ2) is 7.71. The molecular weight excluding hydrogens is 268 g/mol. The van der Waals surface area contributed by atoms with E-state index >= 15 is 0 Å². The minimum absolute atomic E-state index is 0.219. The molecule has 1 amide bonds. The van der Waals surface area contributed by atoms with E-state index in [0.717, 1.165) is 37.8 Å². The Bertz CT molecular complexity index is 470. The van der Waals surface area contributed by atoms with Gasteiger partial charge in [-0.1, -0.05) is 6.92 Å². The third-order valence-electron chi connectivity index (χ3n) is 3.50. The predicted molar refractivity (Wildman–Crippen MR) is 81.9 cm³/mol. The van der Waals surface area contributed by atoms with E-state index in [-0.39, 0.29) is 11.9 Å². The molecule has 6 heteroatoms. The van der Waals surface area contributed by atoms with Gasteiger partial charge in [0, 0.05) is 32.1 Å². The van der Waals surface area contributed by atoms with E-state index in [4.69, 9.17) is 4.42 Å². The molecule has 0 bridgehead atoms. The first-order valence-electron chi connectivity index (χ1n) is 7.58. The molecule has 1 atom stereocenters. The van der Waals surface area contributed by atoms with Gasteiger partial charge >= 0.3 is 0 Å². The van der Waals surface area contributed by atoms with E-state index in [0.29, 0.717) is 13.0 Å². The molecule has 0 radical (unpaired) electrons. The number of nitrogens with one attached hydrogen (secondary N) is 2. The summed E-state index contributed by atoms with van der Waals surface area (Å²) in [6.07, 6.45) is 3.17. The van der Waals surface area contributed by atoms with E-state index in [1.54, 1.807) is 6.26 Å². The number of guanidine groups is 1. The summed E-state index contributed by atoms with van der Waals surface area (Å²) in [6.45, 7) is 6.81. The number of carbonyl (C=O) groups excluding carboxylic acids is 1. The number of hydrogen-bond donors (Lipinski definition) is 2. The lowest BCUT2D eigenvalue weighted by Crippen LogP contribution is -2.45. The lowest BCUT2D eigenvalue weighted by atomic mass is 10.3. The van der Waals surface area contributed by atoms with Crippen molar-refractivity contribution in [2.45, 2.75) is 39.3 Å². The highest BCUT2D eigenvalue weighted by atomic mass is 16.3. The second-order valence-electron chi connectivity index (χ2n) is 5.10. The second-order valence-corrected chi connectivity index (χ2v) is 5.10.